The number of likely N-dealkylation sites (tertiary alicyclic amines) is 1. The molecule has 2 heteroatoms. The lowest BCUT2D eigenvalue weighted by atomic mass is 9.86. The van der Waals surface area contributed by atoms with E-state index in [0.717, 1.165) is 32.4 Å². The molecule has 0 atom stereocenters. The van der Waals surface area contributed by atoms with E-state index in [4.69, 9.17) is 0 Å². The summed E-state index contributed by atoms with van der Waals surface area (Å²) in [6.07, 6.45) is 10.7. The van der Waals surface area contributed by atoms with E-state index in [0.29, 0.717) is 0 Å². The number of aliphatic hydroxyl groups is 1. The normalized spacial score (nSPS) is 20.6. The Morgan fingerprint density at radius 1 is 0.941 bits per heavy atom. The number of hydrogen-bond donors (Lipinski definition) is 1. The molecule has 0 amide bonds. The lowest BCUT2D eigenvalue weighted by molar-refractivity contribution is -0.0294. The molecule has 2 nitrogen and oxygen atoms in total. The van der Waals surface area contributed by atoms with Gasteiger partial charge in [-0.25, -0.2) is 0 Å². The molecule has 1 N–H and O–H groups in total. The fourth-order valence-electron chi connectivity index (χ4n) is 2.73. The van der Waals surface area contributed by atoms with Crippen LogP contribution < -0.4 is 0 Å². The van der Waals surface area contributed by atoms with Crippen LogP contribution in [0.25, 0.3) is 0 Å². The summed E-state index contributed by atoms with van der Waals surface area (Å²) in [5.41, 5.74) is -0.337. The predicted octanol–water partition coefficient (Wildman–Crippen LogP) is 3.58. The zero-order valence-corrected chi connectivity index (χ0v) is 11.9. The third-order valence-corrected chi connectivity index (χ3v) is 4.11. The van der Waals surface area contributed by atoms with Crippen molar-refractivity contribution in [2.24, 2.45) is 0 Å². The summed E-state index contributed by atoms with van der Waals surface area (Å²) in [7, 11) is 0. The van der Waals surface area contributed by atoms with Crippen molar-refractivity contribution in [3.63, 3.8) is 0 Å². The first kappa shape index (κ1) is 15.0. The number of hydrogen-bond acceptors (Lipinski definition) is 2. The Bertz CT molecular complexity index is 185. The van der Waals surface area contributed by atoms with Gasteiger partial charge in [0.2, 0.25) is 0 Å². The maximum absolute atomic E-state index is 10.5. The van der Waals surface area contributed by atoms with E-state index in [-0.39, 0.29) is 5.60 Å². The Balaban J connectivity index is 2.15. The Morgan fingerprint density at radius 2 is 1.53 bits per heavy atom. The molecule has 17 heavy (non-hydrogen) atoms. The second kappa shape index (κ2) is 8.10. The topological polar surface area (TPSA) is 23.5 Å². The SMILES string of the molecule is CCCCCN1CCC(O)(CCCCC)CC1. The fraction of sp³-hybridized carbons (Fsp3) is 1.00. The van der Waals surface area contributed by atoms with Crippen molar-refractivity contribution in [3.8, 4) is 0 Å². The van der Waals surface area contributed by atoms with Crippen LogP contribution in [0.2, 0.25) is 0 Å². The molecule has 1 rings (SSSR count). The summed E-state index contributed by atoms with van der Waals surface area (Å²) in [5, 5.41) is 10.5. The minimum absolute atomic E-state index is 0.337. The molecular weight excluding hydrogens is 210 g/mol. The Hall–Kier alpha value is -0.0800. The average molecular weight is 241 g/mol. The average Bonchev–Trinajstić information content (AvgIpc) is 2.33. The lowest BCUT2D eigenvalue weighted by Crippen LogP contribution is -2.44. The molecule has 0 aromatic heterocycles. The summed E-state index contributed by atoms with van der Waals surface area (Å²) < 4.78 is 0. The van der Waals surface area contributed by atoms with Crippen LogP contribution in [-0.2, 0) is 0 Å². The van der Waals surface area contributed by atoms with Crippen molar-refractivity contribution < 1.29 is 5.11 Å². The van der Waals surface area contributed by atoms with Crippen LogP contribution in [-0.4, -0.2) is 35.2 Å². The van der Waals surface area contributed by atoms with Crippen LogP contribution in [0, 0.1) is 0 Å². The highest BCUT2D eigenvalue weighted by Crippen LogP contribution is 2.27. The van der Waals surface area contributed by atoms with Gasteiger partial charge in [-0.15, -0.1) is 0 Å². The summed E-state index contributed by atoms with van der Waals surface area (Å²) in [6.45, 7) is 7.92. The zero-order valence-electron chi connectivity index (χ0n) is 11.9. The van der Waals surface area contributed by atoms with Gasteiger partial charge in [0.1, 0.15) is 0 Å². The highest BCUT2D eigenvalue weighted by molar-refractivity contribution is 4.85. The first-order valence-electron chi connectivity index (χ1n) is 7.65. The molecular formula is C15H31NO. The Kier molecular flexibility index (Phi) is 7.14. The molecule has 0 saturated carbocycles. The molecule has 0 spiro atoms. The maximum atomic E-state index is 10.5. The second-order valence-corrected chi connectivity index (χ2v) is 5.73. The van der Waals surface area contributed by atoms with Crippen LogP contribution in [0.1, 0.15) is 71.6 Å². The van der Waals surface area contributed by atoms with Crippen LogP contribution in [0.3, 0.4) is 0 Å². The van der Waals surface area contributed by atoms with E-state index in [2.05, 4.69) is 18.7 Å². The largest absolute Gasteiger partial charge is 0.390 e. The molecule has 0 unspecified atom stereocenters. The van der Waals surface area contributed by atoms with E-state index in [1.807, 2.05) is 0 Å². The molecule has 0 radical (unpaired) electrons. The van der Waals surface area contributed by atoms with E-state index in [1.54, 1.807) is 0 Å². The van der Waals surface area contributed by atoms with Crippen molar-refractivity contribution in [1.82, 2.24) is 4.90 Å². The van der Waals surface area contributed by atoms with E-state index >= 15 is 0 Å². The molecule has 0 aromatic rings. The molecule has 1 aliphatic rings. The van der Waals surface area contributed by atoms with Gasteiger partial charge in [-0.3, -0.25) is 0 Å². The highest BCUT2D eigenvalue weighted by atomic mass is 16.3. The van der Waals surface area contributed by atoms with Crippen molar-refractivity contribution >= 4 is 0 Å². The van der Waals surface area contributed by atoms with Gasteiger partial charge in [-0.05, 0) is 32.2 Å². The van der Waals surface area contributed by atoms with E-state index in [9.17, 15) is 5.11 Å². The Morgan fingerprint density at radius 3 is 2.12 bits per heavy atom. The summed E-state index contributed by atoms with van der Waals surface area (Å²) in [5.74, 6) is 0. The first-order valence-corrected chi connectivity index (χ1v) is 7.65. The Labute approximate surface area is 107 Å². The standard InChI is InChI=1S/C15H31NO/c1-3-5-7-9-15(17)10-13-16(14-11-15)12-8-6-4-2/h17H,3-14H2,1-2H3. The van der Waals surface area contributed by atoms with Gasteiger partial charge < -0.3 is 10.0 Å². The van der Waals surface area contributed by atoms with Gasteiger partial charge in [0, 0.05) is 13.1 Å². The van der Waals surface area contributed by atoms with Gasteiger partial charge in [-0.1, -0.05) is 46.0 Å². The maximum Gasteiger partial charge on any atom is 0.0672 e. The quantitative estimate of drug-likeness (QED) is 0.657. The lowest BCUT2D eigenvalue weighted by Gasteiger charge is -2.38. The van der Waals surface area contributed by atoms with Crippen LogP contribution in [0.15, 0.2) is 0 Å². The zero-order chi connectivity index (χ0) is 12.6. The van der Waals surface area contributed by atoms with E-state index < -0.39 is 0 Å². The predicted molar refractivity (Wildman–Crippen MR) is 74.3 cm³/mol. The minimum Gasteiger partial charge on any atom is -0.390 e. The number of piperidine rings is 1. The van der Waals surface area contributed by atoms with Crippen molar-refractivity contribution in [2.45, 2.75) is 77.2 Å². The molecule has 1 aliphatic heterocycles. The van der Waals surface area contributed by atoms with Gasteiger partial charge >= 0.3 is 0 Å². The molecule has 102 valence electrons. The molecule has 0 aromatic carbocycles. The molecule has 0 aliphatic carbocycles. The monoisotopic (exact) mass is 241 g/mol. The van der Waals surface area contributed by atoms with Crippen LogP contribution >= 0.6 is 0 Å². The van der Waals surface area contributed by atoms with Crippen LogP contribution in [0.4, 0.5) is 0 Å². The summed E-state index contributed by atoms with van der Waals surface area (Å²) in [4.78, 5) is 2.53. The van der Waals surface area contributed by atoms with Crippen molar-refractivity contribution in [3.05, 3.63) is 0 Å². The third kappa shape index (κ3) is 5.87. The van der Waals surface area contributed by atoms with Gasteiger partial charge in [-0.2, -0.15) is 0 Å². The minimum atomic E-state index is -0.337. The first-order chi connectivity index (χ1) is 8.20. The smallest absolute Gasteiger partial charge is 0.0672 e. The molecule has 1 fully saturated rings. The van der Waals surface area contributed by atoms with E-state index in [1.165, 1.54) is 45.1 Å². The third-order valence-electron chi connectivity index (χ3n) is 4.11. The van der Waals surface area contributed by atoms with Crippen LogP contribution in [0.5, 0.6) is 0 Å². The number of rotatable bonds is 8. The fourth-order valence-corrected chi connectivity index (χ4v) is 2.73. The van der Waals surface area contributed by atoms with Crippen molar-refractivity contribution in [2.75, 3.05) is 19.6 Å². The second-order valence-electron chi connectivity index (χ2n) is 5.73. The van der Waals surface area contributed by atoms with Crippen molar-refractivity contribution in [1.29, 1.82) is 0 Å². The summed E-state index contributed by atoms with van der Waals surface area (Å²) >= 11 is 0. The van der Waals surface area contributed by atoms with Gasteiger partial charge in [0.15, 0.2) is 0 Å². The molecule has 0 bridgehead atoms. The number of nitrogens with zero attached hydrogens (tertiary/aromatic N) is 1. The van der Waals surface area contributed by atoms with Gasteiger partial charge in [0.25, 0.3) is 0 Å². The molecule has 1 saturated heterocycles. The number of unbranched alkanes of at least 4 members (excludes halogenated alkanes) is 4. The van der Waals surface area contributed by atoms with Gasteiger partial charge in [0.05, 0.1) is 5.60 Å². The summed E-state index contributed by atoms with van der Waals surface area (Å²) in [6, 6.07) is 0. The molecule has 1 heterocycles. The highest BCUT2D eigenvalue weighted by Gasteiger charge is 2.31.